The van der Waals surface area contributed by atoms with Crippen molar-refractivity contribution in [2.45, 2.75) is 0 Å². The molecular weight excluding hydrogens is 169 g/mol. The SMILES string of the molecule is N#CC(C#N)=Cc1cccnc1F. The van der Waals surface area contributed by atoms with E-state index < -0.39 is 5.95 Å². The second-order valence-electron chi connectivity index (χ2n) is 2.17. The highest BCUT2D eigenvalue weighted by Gasteiger charge is 2.00. The topological polar surface area (TPSA) is 60.5 Å². The maximum absolute atomic E-state index is 12.8. The van der Waals surface area contributed by atoms with Gasteiger partial charge in [-0.25, -0.2) is 4.98 Å². The zero-order valence-electron chi connectivity index (χ0n) is 6.53. The second-order valence-corrected chi connectivity index (χ2v) is 2.17. The molecule has 0 fully saturated rings. The number of allylic oxidation sites excluding steroid dienone is 1. The normalized spacial score (nSPS) is 8.23. The summed E-state index contributed by atoms with van der Waals surface area (Å²) in [5, 5.41) is 16.8. The number of nitriles is 2. The maximum atomic E-state index is 12.8. The minimum atomic E-state index is -0.689. The predicted octanol–water partition coefficient (Wildman–Crippen LogP) is 1.65. The van der Waals surface area contributed by atoms with Gasteiger partial charge in [0.2, 0.25) is 5.95 Å². The number of halogens is 1. The molecule has 0 amide bonds. The molecule has 0 saturated carbocycles. The van der Waals surface area contributed by atoms with E-state index in [1.165, 1.54) is 18.3 Å². The monoisotopic (exact) mass is 173 g/mol. The molecule has 0 aliphatic heterocycles. The Morgan fingerprint density at radius 1 is 1.46 bits per heavy atom. The number of aromatic nitrogens is 1. The molecule has 1 rings (SSSR count). The van der Waals surface area contributed by atoms with Crippen molar-refractivity contribution in [3.8, 4) is 12.1 Å². The third-order valence-corrected chi connectivity index (χ3v) is 1.33. The third-order valence-electron chi connectivity index (χ3n) is 1.33. The fourth-order valence-corrected chi connectivity index (χ4v) is 0.751. The van der Waals surface area contributed by atoms with Gasteiger partial charge in [0.05, 0.1) is 0 Å². The van der Waals surface area contributed by atoms with Crippen molar-refractivity contribution in [2.75, 3.05) is 0 Å². The summed E-state index contributed by atoms with van der Waals surface area (Å²) in [7, 11) is 0. The van der Waals surface area contributed by atoms with E-state index in [4.69, 9.17) is 10.5 Å². The predicted molar refractivity (Wildman–Crippen MR) is 43.4 cm³/mol. The van der Waals surface area contributed by atoms with Gasteiger partial charge >= 0.3 is 0 Å². The van der Waals surface area contributed by atoms with E-state index in [-0.39, 0.29) is 11.1 Å². The number of rotatable bonds is 1. The van der Waals surface area contributed by atoms with E-state index in [1.807, 2.05) is 0 Å². The first-order valence-electron chi connectivity index (χ1n) is 3.40. The largest absolute Gasteiger partial charge is 0.228 e. The average Bonchev–Trinajstić information content (AvgIpc) is 2.17. The van der Waals surface area contributed by atoms with Crippen molar-refractivity contribution in [3.63, 3.8) is 0 Å². The van der Waals surface area contributed by atoms with Crippen molar-refractivity contribution in [1.29, 1.82) is 10.5 Å². The lowest BCUT2D eigenvalue weighted by Crippen LogP contribution is -1.86. The van der Waals surface area contributed by atoms with Gasteiger partial charge in [-0.05, 0) is 18.2 Å². The molecule has 1 aromatic heterocycles. The Balaban J connectivity index is 3.14. The quantitative estimate of drug-likeness (QED) is 0.479. The molecule has 0 atom stereocenters. The van der Waals surface area contributed by atoms with Crippen LogP contribution in [-0.2, 0) is 0 Å². The van der Waals surface area contributed by atoms with Crippen LogP contribution in [0.25, 0.3) is 6.08 Å². The van der Waals surface area contributed by atoms with Gasteiger partial charge in [0.1, 0.15) is 17.7 Å². The van der Waals surface area contributed by atoms with Gasteiger partial charge in [0, 0.05) is 11.8 Å². The highest BCUT2D eigenvalue weighted by molar-refractivity contribution is 5.61. The Morgan fingerprint density at radius 3 is 2.69 bits per heavy atom. The van der Waals surface area contributed by atoms with Gasteiger partial charge < -0.3 is 0 Å². The van der Waals surface area contributed by atoms with Crippen LogP contribution in [0.1, 0.15) is 5.56 Å². The zero-order chi connectivity index (χ0) is 9.68. The van der Waals surface area contributed by atoms with Crippen LogP contribution in [0.5, 0.6) is 0 Å². The Hall–Kier alpha value is -2.20. The van der Waals surface area contributed by atoms with Crippen LogP contribution in [0, 0.1) is 28.6 Å². The summed E-state index contributed by atoms with van der Waals surface area (Å²) in [6.45, 7) is 0. The Bertz CT molecular complexity index is 407. The lowest BCUT2D eigenvalue weighted by molar-refractivity contribution is 0.581. The maximum Gasteiger partial charge on any atom is 0.220 e. The smallest absolute Gasteiger partial charge is 0.220 e. The fourth-order valence-electron chi connectivity index (χ4n) is 0.751. The standard InChI is InChI=1S/C9H4FN3/c10-9-8(2-1-3-13-9)4-7(5-11)6-12/h1-4H. The van der Waals surface area contributed by atoms with Crippen LogP contribution in [0.2, 0.25) is 0 Å². The molecule has 1 heterocycles. The average molecular weight is 173 g/mol. The summed E-state index contributed by atoms with van der Waals surface area (Å²) < 4.78 is 12.8. The lowest BCUT2D eigenvalue weighted by Gasteiger charge is -1.92. The van der Waals surface area contributed by atoms with E-state index in [2.05, 4.69) is 4.98 Å². The molecule has 0 saturated heterocycles. The minimum absolute atomic E-state index is 0.139. The first kappa shape index (κ1) is 8.89. The highest BCUT2D eigenvalue weighted by atomic mass is 19.1. The molecule has 0 spiro atoms. The van der Waals surface area contributed by atoms with Crippen LogP contribution in [0.15, 0.2) is 23.9 Å². The van der Waals surface area contributed by atoms with Crippen LogP contribution in [0.3, 0.4) is 0 Å². The minimum Gasteiger partial charge on any atom is -0.228 e. The van der Waals surface area contributed by atoms with Crippen molar-refractivity contribution >= 4 is 6.08 Å². The zero-order valence-corrected chi connectivity index (χ0v) is 6.53. The van der Waals surface area contributed by atoms with Gasteiger partial charge in [-0.2, -0.15) is 14.9 Å². The first-order valence-corrected chi connectivity index (χ1v) is 3.40. The number of hydrogen-bond donors (Lipinski definition) is 0. The van der Waals surface area contributed by atoms with E-state index >= 15 is 0 Å². The van der Waals surface area contributed by atoms with Crippen LogP contribution in [-0.4, -0.2) is 4.98 Å². The highest BCUT2D eigenvalue weighted by Crippen LogP contribution is 2.07. The van der Waals surface area contributed by atoms with Crippen molar-refractivity contribution in [2.24, 2.45) is 0 Å². The van der Waals surface area contributed by atoms with Gasteiger partial charge in [-0.15, -0.1) is 0 Å². The molecule has 0 N–H and O–H groups in total. The van der Waals surface area contributed by atoms with Gasteiger partial charge in [-0.1, -0.05) is 0 Å². The summed E-state index contributed by atoms with van der Waals surface area (Å²) in [6, 6.07) is 6.24. The molecule has 3 nitrogen and oxygen atoms in total. The molecule has 0 bridgehead atoms. The number of pyridine rings is 1. The van der Waals surface area contributed by atoms with Gasteiger partial charge in [0.25, 0.3) is 0 Å². The molecule has 1 aromatic rings. The summed E-state index contributed by atoms with van der Waals surface area (Å²) in [5.74, 6) is -0.689. The molecule has 0 aromatic carbocycles. The fraction of sp³-hybridized carbons (Fsp3) is 0. The first-order chi connectivity index (χ1) is 6.27. The van der Waals surface area contributed by atoms with Crippen molar-refractivity contribution in [1.82, 2.24) is 4.98 Å². The summed E-state index contributed by atoms with van der Waals surface area (Å²) >= 11 is 0. The van der Waals surface area contributed by atoms with E-state index in [0.717, 1.165) is 6.08 Å². The van der Waals surface area contributed by atoms with Crippen molar-refractivity contribution < 1.29 is 4.39 Å². The molecule has 62 valence electrons. The van der Waals surface area contributed by atoms with Gasteiger partial charge in [0.15, 0.2) is 0 Å². The summed E-state index contributed by atoms with van der Waals surface area (Å²) in [4.78, 5) is 3.37. The Labute approximate surface area is 74.4 Å². The van der Waals surface area contributed by atoms with E-state index in [0.29, 0.717) is 0 Å². The van der Waals surface area contributed by atoms with E-state index in [9.17, 15) is 4.39 Å². The molecular formula is C9H4FN3. The molecule has 0 aliphatic rings. The molecule has 4 heteroatoms. The number of hydrogen-bond acceptors (Lipinski definition) is 3. The van der Waals surface area contributed by atoms with Crippen LogP contribution in [0.4, 0.5) is 4.39 Å². The number of nitrogens with zero attached hydrogens (tertiary/aromatic N) is 3. The molecule has 0 aliphatic carbocycles. The summed E-state index contributed by atoms with van der Waals surface area (Å²) in [5.41, 5.74) is -0.00694. The molecule has 0 unspecified atom stereocenters. The Morgan fingerprint density at radius 2 is 2.15 bits per heavy atom. The molecule has 0 radical (unpaired) electrons. The Kier molecular flexibility index (Phi) is 2.73. The van der Waals surface area contributed by atoms with Crippen LogP contribution < -0.4 is 0 Å². The van der Waals surface area contributed by atoms with E-state index in [1.54, 1.807) is 12.1 Å². The van der Waals surface area contributed by atoms with Gasteiger partial charge in [-0.3, -0.25) is 0 Å². The van der Waals surface area contributed by atoms with Crippen LogP contribution >= 0.6 is 0 Å². The third kappa shape index (κ3) is 2.11. The molecule has 13 heavy (non-hydrogen) atoms. The lowest BCUT2D eigenvalue weighted by atomic mass is 10.2. The van der Waals surface area contributed by atoms with Crippen molar-refractivity contribution in [3.05, 3.63) is 35.4 Å². The second kappa shape index (κ2) is 3.99. The summed E-state index contributed by atoms with van der Waals surface area (Å²) in [6.07, 6.45) is 2.45.